The Kier molecular flexibility index (Phi) is 14.3. The lowest BCUT2D eigenvalue weighted by molar-refractivity contribution is -0.150. The zero-order valence-corrected chi connectivity index (χ0v) is 24.2. The molecule has 40 heavy (non-hydrogen) atoms. The zero-order valence-electron chi connectivity index (χ0n) is 24.2. The summed E-state index contributed by atoms with van der Waals surface area (Å²) in [5, 5.41) is 10.0. The van der Waals surface area contributed by atoms with Crippen LogP contribution in [0.2, 0.25) is 0 Å². The van der Waals surface area contributed by atoms with Crippen molar-refractivity contribution in [3.8, 4) is 11.8 Å². The first-order valence-electron chi connectivity index (χ1n) is 14.2. The summed E-state index contributed by atoms with van der Waals surface area (Å²) in [5.41, 5.74) is 1.22. The van der Waals surface area contributed by atoms with Crippen LogP contribution in [-0.4, -0.2) is 31.8 Å². The van der Waals surface area contributed by atoms with Crippen LogP contribution in [0.5, 0.6) is 5.75 Å². The molecule has 6 nitrogen and oxygen atoms in total. The molecule has 0 aliphatic heterocycles. The Morgan fingerprint density at radius 3 is 2.10 bits per heavy atom. The number of ether oxygens (including phenoxy) is 3. The number of hydrogen-bond acceptors (Lipinski definition) is 6. The number of nitriles is 1. The summed E-state index contributed by atoms with van der Waals surface area (Å²) in [6.45, 7) is 10.0. The van der Waals surface area contributed by atoms with Crippen molar-refractivity contribution in [2.24, 2.45) is 5.41 Å². The second kappa shape index (κ2) is 17.7. The van der Waals surface area contributed by atoms with Crippen LogP contribution in [0.15, 0.2) is 72.8 Å². The van der Waals surface area contributed by atoms with E-state index in [1.807, 2.05) is 81.4 Å². The third-order valence-electron chi connectivity index (χ3n) is 6.34. The van der Waals surface area contributed by atoms with Crippen LogP contribution >= 0.6 is 0 Å². The van der Waals surface area contributed by atoms with Crippen molar-refractivity contribution in [1.82, 2.24) is 0 Å². The van der Waals surface area contributed by atoms with Crippen molar-refractivity contribution in [2.45, 2.75) is 72.1 Å². The molecule has 2 aromatic carbocycles. The maximum atomic E-state index is 13.2. The molecular weight excluding hydrogens is 502 g/mol. The average Bonchev–Trinajstić information content (AvgIpc) is 2.96. The summed E-state index contributed by atoms with van der Waals surface area (Å²) in [6, 6.07) is 18.6. The SMILES string of the molecule is C=CCCCCCCCCC(=O)OCC(C)(C)COC(=O)C(C#N)=C(c1ccccc1)c1ccc(OCC)cc1. The minimum absolute atomic E-state index is 0.000347. The summed E-state index contributed by atoms with van der Waals surface area (Å²) in [4.78, 5) is 25.4. The zero-order chi connectivity index (χ0) is 29.2. The molecule has 0 spiro atoms. The molecule has 2 aromatic rings. The number of allylic oxidation sites excluding steroid dienone is 1. The molecule has 0 aliphatic carbocycles. The Balaban J connectivity index is 1.97. The highest BCUT2D eigenvalue weighted by molar-refractivity contribution is 6.05. The number of esters is 2. The van der Waals surface area contributed by atoms with Crippen molar-refractivity contribution in [3.63, 3.8) is 0 Å². The summed E-state index contributed by atoms with van der Waals surface area (Å²) >= 11 is 0. The molecular formula is C34H43NO5. The van der Waals surface area contributed by atoms with E-state index in [9.17, 15) is 14.9 Å². The van der Waals surface area contributed by atoms with Crippen LogP contribution in [0.1, 0.15) is 83.3 Å². The lowest BCUT2D eigenvalue weighted by Crippen LogP contribution is -2.29. The van der Waals surface area contributed by atoms with Crippen LogP contribution in [0.3, 0.4) is 0 Å². The van der Waals surface area contributed by atoms with Crippen molar-refractivity contribution in [3.05, 3.63) is 84.0 Å². The molecule has 214 valence electrons. The van der Waals surface area contributed by atoms with E-state index in [-0.39, 0.29) is 24.8 Å². The molecule has 0 saturated carbocycles. The molecule has 0 radical (unpaired) electrons. The van der Waals surface area contributed by atoms with E-state index < -0.39 is 11.4 Å². The highest BCUT2D eigenvalue weighted by Crippen LogP contribution is 2.29. The Hall–Kier alpha value is -3.85. The van der Waals surface area contributed by atoms with Gasteiger partial charge in [0.15, 0.2) is 0 Å². The molecule has 0 unspecified atom stereocenters. The molecule has 0 aliphatic rings. The van der Waals surface area contributed by atoms with Crippen LogP contribution in [0.25, 0.3) is 5.57 Å². The van der Waals surface area contributed by atoms with E-state index in [1.54, 1.807) is 0 Å². The summed E-state index contributed by atoms with van der Waals surface area (Å²) in [7, 11) is 0. The van der Waals surface area contributed by atoms with Gasteiger partial charge in [0.05, 0.1) is 13.2 Å². The second-order valence-corrected chi connectivity index (χ2v) is 10.5. The minimum Gasteiger partial charge on any atom is -0.494 e. The first-order chi connectivity index (χ1) is 19.3. The van der Waals surface area contributed by atoms with Gasteiger partial charge in [-0.05, 0) is 49.4 Å². The Morgan fingerprint density at radius 2 is 1.48 bits per heavy atom. The van der Waals surface area contributed by atoms with Gasteiger partial charge in [0.1, 0.15) is 24.0 Å². The lowest BCUT2D eigenvalue weighted by atomic mass is 9.93. The Morgan fingerprint density at radius 1 is 0.875 bits per heavy atom. The Bertz CT molecular complexity index is 1140. The van der Waals surface area contributed by atoms with E-state index in [0.717, 1.165) is 31.2 Å². The van der Waals surface area contributed by atoms with Crippen molar-refractivity contribution < 1.29 is 23.8 Å². The van der Waals surface area contributed by atoms with Gasteiger partial charge in [0.2, 0.25) is 0 Å². The van der Waals surface area contributed by atoms with Gasteiger partial charge in [-0.15, -0.1) is 6.58 Å². The van der Waals surface area contributed by atoms with E-state index in [4.69, 9.17) is 14.2 Å². The first kappa shape index (κ1) is 32.4. The van der Waals surface area contributed by atoms with Crippen LogP contribution in [-0.2, 0) is 19.1 Å². The molecule has 0 atom stereocenters. The summed E-state index contributed by atoms with van der Waals surface area (Å²) in [6.07, 6.45) is 9.85. The molecule has 0 amide bonds. The number of carbonyl (C=O) groups is 2. The number of nitrogens with zero attached hydrogens (tertiary/aromatic N) is 1. The molecule has 0 saturated heterocycles. The van der Waals surface area contributed by atoms with Crippen molar-refractivity contribution >= 4 is 17.5 Å². The molecule has 0 fully saturated rings. The minimum atomic E-state index is -0.720. The number of benzene rings is 2. The number of hydrogen-bond donors (Lipinski definition) is 0. The molecule has 2 rings (SSSR count). The highest BCUT2D eigenvalue weighted by atomic mass is 16.5. The van der Waals surface area contributed by atoms with E-state index in [2.05, 4.69) is 12.6 Å². The van der Waals surface area contributed by atoms with Crippen LogP contribution < -0.4 is 4.74 Å². The number of rotatable bonds is 18. The maximum Gasteiger partial charge on any atom is 0.349 e. The fraction of sp³-hybridized carbons (Fsp3) is 0.441. The van der Waals surface area contributed by atoms with Gasteiger partial charge in [0, 0.05) is 17.4 Å². The summed E-state index contributed by atoms with van der Waals surface area (Å²) < 4.78 is 16.6. The quantitative estimate of drug-likeness (QED) is 0.0624. The molecule has 6 heteroatoms. The third-order valence-corrected chi connectivity index (χ3v) is 6.34. The standard InChI is InChI=1S/C34H43NO5/c1-5-7-8-9-10-11-12-16-19-31(36)39-25-34(3,4)26-40-33(37)30(24-35)32(27-17-14-13-15-18-27)28-20-22-29(23-21-28)38-6-2/h5,13-15,17-18,20-23H,1,6-12,16,19,25-26H2,2-4H3. The Labute approximate surface area is 239 Å². The van der Waals surface area contributed by atoms with Crippen LogP contribution in [0.4, 0.5) is 0 Å². The van der Waals surface area contributed by atoms with E-state index >= 15 is 0 Å². The first-order valence-corrected chi connectivity index (χ1v) is 14.2. The largest absolute Gasteiger partial charge is 0.494 e. The van der Waals surface area contributed by atoms with E-state index in [0.29, 0.717) is 29.9 Å². The predicted molar refractivity (Wildman–Crippen MR) is 159 cm³/mol. The predicted octanol–water partition coefficient (Wildman–Crippen LogP) is 7.83. The summed E-state index contributed by atoms with van der Waals surface area (Å²) in [5.74, 6) is -0.261. The van der Waals surface area contributed by atoms with Gasteiger partial charge in [-0.25, -0.2) is 4.79 Å². The molecule has 0 heterocycles. The number of carbonyl (C=O) groups excluding carboxylic acids is 2. The van der Waals surface area contributed by atoms with Gasteiger partial charge in [-0.2, -0.15) is 5.26 Å². The topological polar surface area (TPSA) is 85.6 Å². The average molecular weight is 546 g/mol. The smallest absolute Gasteiger partial charge is 0.349 e. The maximum absolute atomic E-state index is 13.2. The van der Waals surface area contributed by atoms with Gasteiger partial charge in [0.25, 0.3) is 0 Å². The molecule has 0 N–H and O–H groups in total. The van der Waals surface area contributed by atoms with Gasteiger partial charge in [-0.1, -0.05) is 88.1 Å². The highest BCUT2D eigenvalue weighted by Gasteiger charge is 2.26. The third kappa shape index (κ3) is 11.5. The number of unbranched alkanes of at least 4 members (excludes halogenated alkanes) is 6. The van der Waals surface area contributed by atoms with E-state index in [1.165, 1.54) is 19.3 Å². The van der Waals surface area contributed by atoms with Crippen molar-refractivity contribution in [1.29, 1.82) is 5.26 Å². The van der Waals surface area contributed by atoms with Gasteiger partial charge in [-0.3, -0.25) is 4.79 Å². The molecule has 0 bridgehead atoms. The lowest BCUT2D eigenvalue weighted by Gasteiger charge is -2.24. The normalized spacial score (nSPS) is 11.7. The van der Waals surface area contributed by atoms with Gasteiger partial charge >= 0.3 is 11.9 Å². The second-order valence-electron chi connectivity index (χ2n) is 10.5. The monoisotopic (exact) mass is 545 g/mol. The molecule has 0 aromatic heterocycles. The van der Waals surface area contributed by atoms with Crippen molar-refractivity contribution in [2.75, 3.05) is 19.8 Å². The van der Waals surface area contributed by atoms with Crippen LogP contribution in [0, 0.1) is 16.7 Å². The fourth-order valence-electron chi connectivity index (χ4n) is 4.14. The fourth-order valence-corrected chi connectivity index (χ4v) is 4.14. The van der Waals surface area contributed by atoms with Gasteiger partial charge < -0.3 is 14.2 Å².